The van der Waals surface area contributed by atoms with Crippen molar-refractivity contribution in [2.75, 3.05) is 4.90 Å². The van der Waals surface area contributed by atoms with Gasteiger partial charge in [0.1, 0.15) is 17.3 Å². The zero-order chi connectivity index (χ0) is 26.3. The smallest absolute Gasteiger partial charge is 0.263 e. The van der Waals surface area contributed by atoms with Gasteiger partial charge in [-0.05, 0) is 74.0 Å². The normalized spacial score (nSPS) is 11.6. The summed E-state index contributed by atoms with van der Waals surface area (Å²) in [5.74, 6) is -2.68. The van der Waals surface area contributed by atoms with Crippen LogP contribution in [0.1, 0.15) is 11.1 Å². The molecular formula is C27H19F4N5O. The largest absolute Gasteiger partial charge is 0.472 e. The molecule has 3 aromatic heterocycles. The maximum atomic E-state index is 14.0. The number of halogens is 4. The molecule has 0 aliphatic heterocycles. The molecule has 6 nitrogen and oxygen atoms in total. The van der Waals surface area contributed by atoms with Crippen LogP contribution in [0.2, 0.25) is 0 Å². The Bertz CT molecular complexity index is 1630. The highest BCUT2D eigenvalue weighted by Gasteiger charge is 2.44. The minimum Gasteiger partial charge on any atom is -0.263 e. The predicted molar refractivity (Wildman–Crippen MR) is 131 cm³/mol. The molecule has 0 radical (unpaired) electrons. The van der Waals surface area contributed by atoms with Crippen LogP contribution in [0.15, 0.2) is 79.1 Å². The molecular weight excluding hydrogens is 486 g/mol. The molecule has 37 heavy (non-hydrogen) atoms. The molecule has 0 bridgehead atoms. The molecule has 0 saturated heterocycles. The van der Waals surface area contributed by atoms with E-state index in [0.29, 0.717) is 38.6 Å². The summed E-state index contributed by atoms with van der Waals surface area (Å²) in [7, 11) is 0. The van der Waals surface area contributed by atoms with Gasteiger partial charge in [-0.1, -0.05) is 17.7 Å². The van der Waals surface area contributed by atoms with Crippen molar-refractivity contribution in [2.45, 2.75) is 20.0 Å². The van der Waals surface area contributed by atoms with Crippen molar-refractivity contribution in [2.24, 2.45) is 0 Å². The second kappa shape index (κ2) is 9.12. The van der Waals surface area contributed by atoms with Gasteiger partial charge in [0.25, 0.3) is 0 Å². The molecule has 5 rings (SSSR count). The van der Waals surface area contributed by atoms with Crippen molar-refractivity contribution < 1.29 is 22.4 Å². The van der Waals surface area contributed by atoms with Crippen LogP contribution in [0.4, 0.5) is 29.1 Å². The number of aromatic nitrogens is 4. The van der Waals surface area contributed by atoms with Crippen LogP contribution >= 0.6 is 0 Å². The van der Waals surface area contributed by atoms with Crippen molar-refractivity contribution in [1.29, 1.82) is 0 Å². The summed E-state index contributed by atoms with van der Waals surface area (Å²) in [5.41, 5.74) is 3.64. The molecule has 0 atom stereocenters. The Balaban J connectivity index is 1.72. The molecule has 0 saturated carbocycles. The fourth-order valence-electron chi connectivity index (χ4n) is 4.00. The summed E-state index contributed by atoms with van der Waals surface area (Å²) in [4.78, 5) is 21.8. The third kappa shape index (κ3) is 4.53. The number of amides is 1. The number of carbonyl (C=O) groups excluding carboxylic acids is 1. The Kier molecular flexibility index (Phi) is 5.94. The number of nitrogens with zero attached hydrogens (tertiary/aromatic N) is 5. The maximum Gasteiger partial charge on any atom is 0.472 e. The van der Waals surface area contributed by atoms with Crippen LogP contribution in [0.25, 0.3) is 28.2 Å². The SMILES string of the molecule is Cc1ccc(N(C(=O)C(F)(F)F)c2cc(-c3c(-c4ccc(F)c(C)c4)nc4cccnn34)ccn2)cc1. The average Bonchev–Trinajstić information content (AvgIpc) is 3.26. The first-order valence-corrected chi connectivity index (χ1v) is 11.2. The quantitative estimate of drug-likeness (QED) is 0.264. The number of aryl methyl sites for hydroxylation is 2. The molecule has 5 aromatic rings. The van der Waals surface area contributed by atoms with E-state index in [2.05, 4.69) is 15.1 Å². The highest BCUT2D eigenvalue weighted by atomic mass is 19.4. The topological polar surface area (TPSA) is 63.4 Å². The summed E-state index contributed by atoms with van der Waals surface area (Å²) < 4.78 is 56.3. The van der Waals surface area contributed by atoms with Crippen molar-refractivity contribution in [3.05, 3.63) is 96.1 Å². The number of imidazole rings is 1. The number of hydrogen-bond acceptors (Lipinski definition) is 4. The van der Waals surface area contributed by atoms with Gasteiger partial charge in [-0.3, -0.25) is 9.69 Å². The molecule has 3 heterocycles. The lowest BCUT2D eigenvalue weighted by Gasteiger charge is -2.23. The molecule has 0 fully saturated rings. The second-order valence-corrected chi connectivity index (χ2v) is 8.44. The molecule has 0 unspecified atom stereocenters. The molecule has 0 N–H and O–H groups in total. The van der Waals surface area contributed by atoms with Crippen molar-refractivity contribution in [3.63, 3.8) is 0 Å². The van der Waals surface area contributed by atoms with E-state index in [1.54, 1.807) is 62.5 Å². The Morgan fingerprint density at radius 3 is 2.38 bits per heavy atom. The number of anilines is 2. The first kappa shape index (κ1) is 24.1. The van der Waals surface area contributed by atoms with Gasteiger partial charge >= 0.3 is 12.1 Å². The molecule has 0 aliphatic carbocycles. The molecule has 1 amide bonds. The third-order valence-electron chi connectivity index (χ3n) is 5.81. The van der Waals surface area contributed by atoms with E-state index < -0.39 is 12.1 Å². The Hall–Kier alpha value is -4.60. The van der Waals surface area contributed by atoms with Gasteiger partial charge < -0.3 is 0 Å². The number of fused-ring (bicyclic) bond motifs is 1. The minimum atomic E-state index is -5.13. The van der Waals surface area contributed by atoms with Gasteiger partial charge in [-0.15, -0.1) is 0 Å². The van der Waals surface area contributed by atoms with Crippen molar-refractivity contribution in [1.82, 2.24) is 19.6 Å². The zero-order valence-corrected chi connectivity index (χ0v) is 19.7. The van der Waals surface area contributed by atoms with Gasteiger partial charge in [0.15, 0.2) is 5.65 Å². The standard InChI is InChI=1S/C27H19F4N5O/c1-16-5-8-20(9-6-16)35(26(37)27(29,30)31)23-15-19(11-13-32-23)25-24(18-7-10-21(28)17(2)14-18)34-22-4-3-12-33-36(22)25/h3-15H,1-2H3. The van der Waals surface area contributed by atoms with Gasteiger partial charge in [0, 0.05) is 23.5 Å². The number of pyridine rings is 1. The fourth-order valence-corrected chi connectivity index (χ4v) is 4.00. The summed E-state index contributed by atoms with van der Waals surface area (Å²) in [5, 5.41) is 4.36. The number of benzene rings is 2. The van der Waals surface area contributed by atoms with Gasteiger partial charge in [-0.2, -0.15) is 18.3 Å². The van der Waals surface area contributed by atoms with E-state index in [-0.39, 0.29) is 17.3 Å². The Morgan fingerprint density at radius 2 is 1.68 bits per heavy atom. The van der Waals surface area contributed by atoms with Crippen LogP contribution in [-0.4, -0.2) is 31.7 Å². The second-order valence-electron chi connectivity index (χ2n) is 8.44. The van der Waals surface area contributed by atoms with Crippen LogP contribution in [0.5, 0.6) is 0 Å². The lowest BCUT2D eigenvalue weighted by Crippen LogP contribution is -2.38. The molecule has 0 aliphatic rings. The van der Waals surface area contributed by atoms with E-state index in [1.165, 1.54) is 35.0 Å². The van der Waals surface area contributed by atoms with Gasteiger partial charge in [-0.25, -0.2) is 18.9 Å². The monoisotopic (exact) mass is 505 g/mol. The Labute approximate surface area is 208 Å². The maximum absolute atomic E-state index is 14.0. The van der Waals surface area contributed by atoms with Crippen LogP contribution in [-0.2, 0) is 4.79 Å². The van der Waals surface area contributed by atoms with Crippen LogP contribution in [0, 0.1) is 19.7 Å². The van der Waals surface area contributed by atoms with E-state index in [4.69, 9.17) is 0 Å². The number of alkyl halides is 3. The molecule has 10 heteroatoms. The van der Waals surface area contributed by atoms with E-state index >= 15 is 0 Å². The lowest BCUT2D eigenvalue weighted by molar-refractivity contribution is -0.169. The predicted octanol–water partition coefficient (Wildman–Crippen LogP) is 6.44. The fraction of sp³-hybridized carbons (Fsp3) is 0.111. The minimum absolute atomic E-state index is 0.0169. The first-order chi connectivity index (χ1) is 17.6. The van der Waals surface area contributed by atoms with Crippen LogP contribution < -0.4 is 4.90 Å². The summed E-state index contributed by atoms with van der Waals surface area (Å²) in [6, 6.07) is 17.0. The number of hydrogen-bond donors (Lipinski definition) is 0. The molecule has 186 valence electrons. The van der Waals surface area contributed by atoms with Crippen molar-refractivity contribution in [3.8, 4) is 22.5 Å². The zero-order valence-electron chi connectivity index (χ0n) is 19.7. The molecule has 0 spiro atoms. The Morgan fingerprint density at radius 1 is 0.919 bits per heavy atom. The highest BCUT2D eigenvalue weighted by Crippen LogP contribution is 2.36. The van der Waals surface area contributed by atoms with Gasteiger partial charge in [0.2, 0.25) is 0 Å². The summed E-state index contributed by atoms with van der Waals surface area (Å²) >= 11 is 0. The van der Waals surface area contributed by atoms with Crippen LogP contribution in [0.3, 0.4) is 0 Å². The highest BCUT2D eigenvalue weighted by molar-refractivity contribution is 6.03. The lowest BCUT2D eigenvalue weighted by atomic mass is 10.0. The average molecular weight is 505 g/mol. The summed E-state index contributed by atoms with van der Waals surface area (Å²) in [6.45, 7) is 3.41. The molecule has 2 aromatic carbocycles. The van der Waals surface area contributed by atoms with E-state index in [1.807, 2.05) is 0 Å². The van der Waals surface area contributed by atoms with Crippen molar-refractivity contribution >= 4 is 23.1 Å². The van der Waals surface area contributed by atoms with E-state index in [9.17, 15) is 22.4 Å². The summed E-state index contributed by atoms with van der Waals surface area (Å²) in [6.07, 6.45) is -2.27. The van der Waals surface area contributed by atoms with Gasteiger partial charge in [0.05, 0.1) is 11.4 Å². The van der Waals surface area contributed by atoms with E-state index in [0.717, 1.165) is 5.56 Å². The first-order valence-electron chi connectivity index (χ1n) is 11.2. The third-order valence-corrected chi connectivity index (χ3v) is 5.81. The number of rotatable bonds is 4. The number of carbonyl (C=O) groups is 1.